The van der Waals surface area contributed by atoms with E-state index in [0.29, 0.717) is 5.92 Å². The number of hydrogen-bond acceptors (Lipinski definition) is 1. The second-order valence-corrected chi connectivity index (χ2v) is 4.24. The van der Waals surface area contributed by atoms with Gasteiger partial charge in [0.05, 0.1) is 4.47 Å². The lowest BCUT2D eigenvalue weighted by molar-refractivity contribution is 0.0690. The molecule has 0 bridgehead atoms. The molecular formula is C9H10BrNO2. The highest BCUT2D eigenvalue weighted by molar-refractivity contribution is 9.10. The summed E-state index contributed by atoms with van der Waals surface area (Å²) in [6.45, 7) is 2.11. The molecule has 0 aliphatic heterocycles. The van der Waals surface area contributed by atoms with E-state index in [4.69, 9.17) is 5.11 Å². The van der Waals surface area contributed by atoms with Gasteiger partial charge < -0.3 is 10.1 Å². The summed E-state index contributed by atoms with van der Waals surface area (Å²) in [7, 11) is 0. The first-order valence-corrected chi connectivity index (χ1v) is 5.04. The van der Waals surface area contributed by atoms with Crippen LogP contribution in [-0.2, 0) is 6.42 Å². The van der Waals surface area contributed by atoms with E-state index >= 15 is 0 Å². The third kappa shape index (κ3) is 1.20. The van der Waals surface area contributed by atoms with E-state index in [9.17, 15) is 4.79 Å². The van der Waals surface area contributed by atoms with Crippen LogP contribution < -0.4 is 0 Å². The van der Waals surface area contributed by atoms with E-state index in [1.807, 2.05) is 0 Å². The average molecular weight is 244 g/mol. The van der Waals surface area contributed by atoms with Crippen LogP contribution in [0.15, 0.2) is 4.47 Å². The Morgan fingerprint density at radius 2 is 2.38 bits per heavy atom. The quantitative estimate of drug-likeness (QED) is 0.797. The molecule has 70 valence electrons. The van der Waals surface area contributed by atoms with Crippen molar-refractivity contribution in [2.24, 2.45) is 0 Å². The van der Waals surface area contributed by atoms with Crippen LogP contribution in [0.5, 0.6) is 0 Å². The molecule has 1 atom stereocenters. The number of H-pyrrole nitrogens is 1. The molecule has 1 unspecified atom stereocenters. The first kappa shape index (κ1) is 8.81. The summed E-state index contributed by atoms with van der Waals surface area (Å²) in [6.07, 6.45) is 2.08. The maximum Gasteiger partial charge on any atom is 0.353 e. The molecule has 1 aliphatic rings. The zero-order chi connectivity index (χ0) is 9.59. The molecule has 1 aliphatic carbocycles. The van der Waals surface area contributed by atoms with Gasteiger partial charge in [-0.3, -0.25) is 0 Å². The van der Waals surface area contributed by atoms with Crippen molar-refractivity contribution in [3.05, 3.63) is 21.4 Å². The fourth-order valence-electron chi connectivity index (χ4n) is 1.85. The second kappa shape index (κ2) is 2.87. The summed E-state index contributed by atoms with van der Waals surface area (Å²) in [6, 6.07) is 0. The van der Waals surface area contributed by atoms with Crippen LogP contribution in [0.25, 0.3) is 0 Å². The van der Waals surface area contributed by atoms with Crippen LogP contribution >= 0.6 is 15.9 Å². The summed E-state index contributed by atoms with van der Waals surface area (Å²) in [5.74, 6) is -0.437. The number of carboxylic acids is 1. The Labute approximate surface area is 84.3 Å². The van der Waals surface area contributed by atoms with Crippen molar-refractivity contribution in [1.82, 2.24) is 4.98 Å². The number of fused-ring (bicyclic) bond motifs is 1. The number of rotatable bonds is 1. The lowest BCUT2D eigenvalue weighted by Crippen LogP contribution is -1.99. The van der Waals surface area contributed by atoms with Crippen LogP contribution in [0.4, 0.5) is 0 Å². The molecule has 1 aromatic rings. The van der Waals surface area contributed by atoms with Gasteiger partial charge in [0.15, 0.2) is 0 Å². The SMILES string of the molecule is CC1CCc2c1[nH]c(C(=O)O)c2Br. The van der Waals surface area contributed by atoms with Crippen molar-refractivity contribution in [3.63, 3.8) is 0 Å². The monoisotopic (exact) mass is 243 g/mol. The molecule has 0 fully saturated rings. The molecule has 0 saturated carbocycles. The molecule has 1 aromatic heterocycles. The predicted molar refractivity (Wildman–Crippen MR) is 52.2 cm³/mol. The number of carbonyl (C=O) groups is 1. The van der Waals surface area contributed by atoms with Gasteiger partial charge in [-0.1, -0.05) is 6.92 Å². The van der Waals surface area contributed by atoms with Crippen molar-refractivity contribution < 1.29 is 9.90 Å². The van der Waals surface area contributed by atoms with Crippen molar-refractivity contribution in [3.8, 4) is 0 Å². The van der Waals surface area contributed by atoms with Gasteiger partial charge >= 0.3 is 5.97 Å². The Bertz CT molecular complexity index is 370. The average Bonchev–Trinajstić information content (AvgIpc) is 2.55. The first-order valence-electron chi connectivity index (χ1n) is 4.24. The number of carboxylic acid groups (broad SMARTS) is 1. The van der Waals surface area contributed by atoms with E-state index in [1.54, 1.807) is 0 Å². The maximum absolute atomic E-state index is 10.8. The van der Waals surface area contributed by atoms with E-state index < -0.39 is 5.97 Å². The van der Waals surface area contributed by atoms with Gasteiger partial charge in [-0.2, -0.15) is 0 Å². The first-order chi connectivity index (χ1) is 6.11. The highest BCUT2D eigenvalue weighted by Gasteiger charge is 2.27. The number of aromatic amines is 1. The topological polar surface area (TPSA) is 53.1 Å². The Morgan fingerprint density at radius 3 is 2.92 bits per heavy atom. The lowest BCUT2D eigenvalue weighted by atomic mass is 10.1. The molecule has 2 rings (SSSR count). The van der Waals surface area contributed by atoms with Crippen LogP contribution in [0.3, 0.4) is 0 Å². The largest absolute Gasteiger partial charge is 0.477 e. The number of hydrogen-bond donors (Lipinski definition) is 2. The molecule has 13 heavy (non-hydrogen) atoms. The van der Waals surface area contributed by atoms with E-state index in [-0.39, 0.29) is 5.69 Å². The zero-order valence-electron chi connectivity index (χ0n) is 7.22. The van der Waals surface area contributed by atoms with Gasteiger partial charge in [0.25, 0.3) is 0 Å². The van der Waals surface area contributed by atoms with Gasteiger partial charge in [0.2, 0.25) is 0 Å². The van der Waals surface area contributed by atoms with Gasteiger partial charge in [0.1, 0.15) is 5.69 Å². The van der Waals surface area contributed by atoms with E-state index in [2.05, 4.69) is 27.8 Å². The molecule has 0 radical (unpaired) electrons. The Morgan fingerprint density at radius 1 is 1.69 bits per heavy atom. The Balaban J connectivity index is 2.55. The van der Waals surface area contributed by atoms with Crippen LogP contribution in [0.1, 0.15) is 41.0 Å². The van der Waals surface area contributed by atoms with Crippen molar-refractivity contribution in [2.45, 2.75) is 25.7 Å². The number of halogens is 1. The molecule has 2 N–H and O–H groups in total. The van der Waals surface area contributed by atoms with Crippen LogP contribution in [0, 0.1) is 0 Å². The van der Waals surface area contributed by atoms with Gasteiger partial charge in [-0.15, -0.1) is 0 Å². The molecule has 3 nitrogen and oxygen atoms in total. The minimum Gasteiger partial charge on any atom is -0.477 e. The summed E-state index contributed by atoms with van der Waals surface area (Å²) >= 11 is 3.32. The highest BCUT2D eigenvalue weighted by atomic mass is 79.9. The highest BCUT2D eigenvalue weighted by Crippen LogP contribution is 2.38. The third-order valence-corrected chi connectivity index (χ3v) is 3.48. The molecular weight excluding hydrogens is 234 g/mol. The predicted octanol–water partition coefficient (Wildman–Crippen LogP) is 2.53. The van der Waals surface area contributed by atoms with Gasteiger partial charge in [-0.25, -0.2) is 4.79 Å². The second-order valence-electron chi connectivity index (χ2n) is 3.45. The van der Waals surface area contributed by atoms with E-state index in [0.717, 1.165) is 28.6 Å². The molecule has 1 heterocycles. The van der Waals surface area contributed by atoms with Gasteiger partial charge in [0, 0.05) is 5.69 Å². The van der Waals surface area contributed by atoms with Crippen LogP contribution in [0.2, 0.25) is 0 Å². The Hall–Kier alpha value is -0.770. The summed E-state index contributed by atoms with van der Waals surface area (Å²) in [4.78, 5) is 13.7. The fraction of sp³-hybridized carbons (Fsp3) is 0.444. The van der Waals surface area contributed by atoms with Crippen molar-refractivity contribution in [1.29, 1.82) is 0 Å². The normalized spacial score (nSPS) is 20.3. The standard InChI is InChI=1S/C9H10BrNO2/c1-4-2-3-5-6(10)8(9(12)13)11-7(4)5/h4,11H,2-3H2,1H3,(H,12,13). The third-order valence-electron chi connectivity index (χ3n) is 2.60. The summed E-state index contributed by atoms with van der Waals surface area (Å²) in [5.41, 5.74) is 2.52. The minimum atomic E-state index is -0.895. The molecule has 0 aromatic carbocycles. The smallest absolute Gasteiger partial charge is 0.353 e. The van der Waals surface area contributed by atoms with Crippen molar-refractivity contribution in [2.75, 3.05) is 0 Å². The molecule has 0 spiro atoms. The number of nitrogens with one attached hydrogen (secondary N) is 1. The van der Waals surface area contributed by atoms with Gasteiger partial charge in [-0.05, 0) is 40.3 Å². The van der Waals surface area contributed by atoms with Crippen LogP contribution in [-0.4, -0.2) is 16.1 Å². The maximum atomic E-state index is 10.8. The lowest BCUT2D eigenvalue weighted by Gasteiger charge is -1.99. The van der Waals surface area contributed by atoms with Crippen molar-refractivity contribution >= 4 is 21.9 Å². The van der Waals surface area contributed by atoms with E-state index in [1.165, 1.54) is 0 Å². The Kier molecular flexibility index (Phi) is 1.95. The summed E-state index contributed by atoms with van der Waals surface area (Å²) < 4.78 is 0.736. The molecule has 0 saturated heterocycles. The fourth-order valence-corrected chi connectivity index (χ4v) is 2.53. The zero-order valence-corrected chi connectivity index (χ0v) is 8.81. The molecule has 0 amide bonds. The number of aromatic carboxylic acids is 1. The minimum absolute atomic E-state index is 0.288. The molecule has 4 heteroatoms. The summed E-state index contributed by atoms with van der Waals surface area (Å²) in [5, 5.41) is 8.85. The number of aromatic nitrogens is 1.